The lowest BCUT2D eigenvalue weighted by molar-refractivity contribution is -0.116. The average molecular weight is 384 g/mol. The lowest BCUT2D eigenvalue weighted by atomic mass is 9.88. The van der Waals surface area contributed by atoms with Gasteiger partial charge in [-0.3, -0.25) is 9.59 Å². The van der Waals surface area contributed by atoms with E-state index in [2.05, 4.69) is 10.6 Å². The zero-order chi connectivity index (χ0) is 20.1. The van der Waals surface area contributed by atoms with E-state index in [-0.39, 0.29) is 23.8 Å². The fourth-order valence-electron chi connectivity index (χ4n) is 3.47. The molecule has 3 aromatic carbocycles. The van der Waals surface area contributed by atoms with Crippen LogP contribution in [0.5, 0.6) is 0 Å². The monoisotopic (exact) mass is 384 g/mol. The van der Waals surface area contributed by atoms with Crippen molar-refractivity contribution in [1.82, 2.24) is 5.32 Å². The SMILES string of the molecule is O=C(CC(c1ccccc1)c1ccccc1)Nc1ccccc1C(=O)NC1CC1. The number of amides is 2. The molecule has 2 amide bonds. The molecule has 4 heteroatoms. The third kappa shape index (κ3) is 4.91. The summed E-state index contributed by atoms with van der Waals surface area (Å²) in [6.07, 6.45) is 2.35. The Kier molecular flexibility index (Phi) is 5.71. The molecule has 2 N–H and O–H groups in total. The molecule has 0 spiro atoms. The fraction of sp³-hybridized carbons (Fsp3) is 0.200. The molecule has 0 atom stereocenters. The molecule has 0 aliphatic heterocycles. The normalized spacial score (nSPS) is 13.1. The van der Waals surface area contributed by atoms with Crippen LogP contribution in [0.2, 0.25) is 0 Å². The summed E-state index contributed by atoms with van der Waals surface area (Å²) in [4.78, 5) is 25.4. The Hall–Kier alpha value is -3.40. The summed E-state index contributed by atoms with van der Waals surface area (Å²) >= 11 is 0. The van der Waals surface area contributed by atoms with Gasteiger partial charge in [0.05, 0.1) is 11.3 Å². The van der Waals surface area contributed by atoms with Gasteiger partial charge in [-0.2, -0.15) is 0 Å². The number of hydrogen-bond acceptors (Lipinski definition) is 2. The molecule has 29 heavy (non-hydrogen) atoms. The second-order valence-electron chi connectivity index (χ2n) is 7.42. The molecular formula is C25H24N2O2. The highest BCUT2D eigenvalue weighted by Gasteiger charge is 2.25. The molecule has 4 nitrogen and oxygen atoms in total. The number of para-hydroxylation sites is 1. The first-order valence-corrected chi connectivity index (χ1v) is 10.0. The molecule has 0 radical (unpaired) electrons. The predicted octanol–water partition coefficient (Wildman–Crippen LogP) is 4.74. The highest BCUT2D eigenvalue weighted by Crippen LogP contribution is 2.29. The number of anilines is 1. The quantitative estimate of drug-likeness (QED) is 0.618. The average Bonchev–Trinajstić information content (AvgIpc) is 3.57. The summed E-state index contributed by atoms with van der Waals surface area (Å²) in [6, 6.07) is 27.5. The number of carbonyl (C=O) groups is 2. The Morgan fingerprint density at radius 1 is 0.793 bits per heavy atom. The van der Waals surface area contributed by atoms with Gasteiger partial charge < -0.3 is 10.6 Å². The van der Waals surface area contributed by atoms with Gasteiger partial charge in [0.25, 0.3) is 5.91 Å². The summed E-state index contributed by atoms with van der Waals surface area (Å²) in [5.41, 5.74) is 3.24. The van der Waals surface area contributed by atoms with Gasteiger partial charge in [-0.15, -0.1) is 0 Å². The molecular weight excluding hydrogens is 360 g/mol. The van der Waals surface area contributed by atoms with E-state index in [1.807, 2.05) is 72.8 Å². The van der Waals surface area contributed by atoms with Crippen LogP contribution in [-0.2, 0) is 4.79 Å². The minimum absolute atomic E-state index is 0.0511. The van der Waals surface area contributed by atoms with Crippen molar-refractivity contribution in [1.29, 1.82) is 0 Å². The van der Waals surface area contributed by atoms with Crippen LogP contribution in [0.15, 0.2) is 84.9 Å². The van der Waals surface area contributed by atoms with Crippen LogP contribution in [0.3, 0.4) is 0 Å². The first-order valence-electron chi connectivity index (χ1n) is 10.0. The third-order valence-electron chi connectivity index (χ3n) is 5.15. The summed E-state index contributed by atoms with van der Waals surface area (Å²) in [6.45, 7) is 0. The third-order valence-corrected chi connectivity index (χ3v) is 5.15. The largest absolute Gasteiger partial charge is 0.349 e. The molecule has 1 fully saturated rings. The van der Waals surface area contributed by atoms with Crippen molar-refractivity contribution < 1.29 is 9.59 Å². The Morgan fingerprint density at radius 2 is 1.34 bits per heavy atom. The first-order chi connectivity index (χ1) is 14.2. The number of benzene rings is 3. The van der Waals surface area contributed by atoms with Crippen molar-refractivity contribution >= 4 is 17.5 Å². The number of hydrogen-bond donors (Lipinski definition) is 2. The standard InChI is InChI=1S/C25H24N2O2/c28-24(27-23-14-8-7-13-21(23)25(29)26-20-15-16-20)17-22(18-9-3-1-4-10-18)19-11-5-2-6-12-19/h1-14,20,22H,15-17H2,(H,26,29)(H,27,28). The van der Waals surface area contributed by atoms with Crippen LogP contribution in [0.25, 0.3) is 0 Å². The van der Waals surface area contributed by atoms with E-state index < -0.39 is 0 Å². The van der Waals surface area contributed by atoms with Crippen LogP contribution in [-0.4, -0.2) is 17.9 Å². The Morgan fingerprint density at radius 3 is 1.93 bits per heavy atom. The number of carbonyl (C=O) groups excluding carboxylic acids is 2. The number of nitrogens with one attached hydrogen (secondary N) is 2. The summed E-state index contributed by atoms with van der Waals surface area (Å²) in [5.74, 6) is -0.301. The molecule has 0 heterocycles. The van der Waals surface area contributed by atoms with Crippen molar-refractivity contribution in [3.8, 4) is 0 Å². The van der Waals surface area contributed by atoms with Gasteiger partial charge in [-0.05, 0) is 36.1 Å². The van der Waals surface area contributed by atoms with Gasteiger partial charge in [0.1, 0.15) is 0 Å². The molecule has 3 aromatic rings. The molecule has 0 bridgehead atoms. The maximum absolute atomic E-state index is 12.9. The van der Waals surface area contributed by atoms with Crippen molar-refractivity contribution in [2.75, 3.05) is 5.32 Å². The topological polar surface area (TPSA) is 58.2 Å². The van der Waals surface area contributed by atoms with E-state index in [9.17, 15) is 9.59 Å². The van der Waals surface area contributed by atoms with Gasteiger partial charge in [0, 0.05) is 18.4 Å². The second kappa shape index (κ2) is 8.74. The van der Waals surface area contributed by atoms with Crippen LogP contribution >= 0.6 is 0 Å². The van der Waals surface area contributed by atoms with Crippen LogP contribution in [0.4, 0.5) is 5.69 Å². The Labute approximate surface area is 171 Å². The van der Waals surface area contributed by atoms with E-state index in [4.69, 9.17) is 0 Å². The van der Waals surface area contributed by atoms with Gasteiger partial charge in [0.15, 0.2) is 0 Å². The zero-order valence-electron chi connectivity index (χ0n) is 16.2. The Balaban J connectivity index is 1.52. The Bertz CT molecular complexity index is 942. The van der Waals surface area contributed by atoms with Crippen LogP contribution in [0, 0.1) is 0 Å². The van der Waals surface area contributed by atoms with Crippen molar-refractivity contribution in [3.63, 3.8) is 0 Å². The fourth-order valence-corrected chi connectivity index (χ4v) is 3.47. The lowest BCUT2D eigenvalue weighted by Crippen LogP contribution is -2.27. The molecule has 0 unspecified atom stereocenters. The van der Waals surface area contributed by atoms with E-state index in [0.717, 1.165) is 24.0 Å². The molecule has 1 aliphatic rings. The van der Waals surface area contributed by atoms with Gasteiger partial charge in [-0.1, -0.05) is 72.8 Å². The summed E-state index contributed by atoms with van der Waals surface area (Å²) in [7, 11) is 0. The highest BCUT2D eigenvalue weighted by atomic mass is 16.2. The molecule has 4 rings (SSSR count). The highest BCUT2D eigenvalue weighted by molar-refractivity contribution is 6.04. The van der Waals surface area contributed by atoms with Gasteiger partial charge >= 0.3 is 0 Å². The van der Waals surface area contributed by atoms with Crippen LogP contribution in [0.1, 0.15) is 46.7 Å². The van der Waals surface area contributed by atoms with Crippen LogP contribution < -0.4 is 10.6 Å². The molecule has 0 aromatic heterocycles. The molecule has 1 aliphatic carbocycles. The van der Waals surface area contributed by atoms with Crippen molar-refractivity contribution in [3.05, 3.63) is 102 Å². The second-order valence-corrected chi connectivity index (χ2v) is 7.42. The van der Waals surface area contributed by atoms with Gasteiger partial charge in [-0.25, -0.2) is 0 Å². The summed E-state index contributed by atoms with van der Waals surface area (Å²) in [5, 5.41) is 5.94. The van der Waals surface area contributed by atoms with E-state index in [1.165, 1.54) is 0 Å². The number of rotatable bonds is 7. The zero-order valence-corrected chi connectivity index (χ0v) is 16.2. The smallest absolute Gasteiger partial charge is 0.253 e. The molecule has 0 saturated heterocycles. The maximum Gasteiger partial charge on any atom is 0.253 e. The van der Waals surface area contributed by atoms with E-state index in [0.29, 0.717) is 17.7 Å². The molecule has 146 valence electrons. The maximum atomic E-state index is 12.9. The minimum atomic E-state index is -0.133. The van der Waals surface area contributed by atoms with Gasteiger partial charge in [0.2, 0.25) is 5.91 Å². The molecule has 1 saturated carbocycles. The lowest BCUT2D eigenvalue weighted by Gasteiger charge is -2.18. The first kappa shape index (κ1) is 18.9. The predicted molar refractivity (Wildman–Crippen MR) is 115 cm³/mol. The summed E-state index contributed by atoms with van der Waals surface area (Å²) < 4.78 is 0. The van der Waals surface area contributed by atoms with Crippen molar-refractivity contribution in [2.45, 2.75) is 31.2 Å². The van der Waals surface area contributed by atoms with E-state index >= 15 is 0 Å². The van der Waals surface area contributed by atoms with E-state index in [1.54, 1.807) is 12.1 Å². The minimum Gasteiger partial charge on any atom is -0.349 e. The van der Waals surface area contributed by atoms with Crippen molar-refractivity contribution in [2.24, 2.45) is 0 Å².